The monoisotopic (exact) mass is 370 g/mol. The fourth-order valence-corrected chi connectivity index (χ4v) is 3.68. The molecule has 1 atom stereocenters. The highest BCUT2D eigenvalue weighted by Gasteiger charge is 2.45. The number of urea groups is 1. The van der Waals surface area contributed by atoms with Gasteiger partial charge in [-0.25, -0.2) is 4.79 Å². The summed E-state index contributed by atoms with van der Waals surface area (Å²) >= 11 is 13.3. The summed E-state index contributed by atoms with van der Waals surface area (Å²) in [5, 5.41) is 19.1. The Labute approximate surface area is 148 Å². The van der Waals surface area contributed by atoms with Gasteiger partial charge in [-0.1, -0.05) is 29.3 Å². The van der Waals surface area contributed by atoms with Gasteiger partial charge in [-0.2, -0.15) is 0 Å². The molecule has 1 saturated carbocycles. The molecule has 0 aliphatic heterocycles. The molecule has 3 N–H and O–H groups in total. The highest BCUT2D eigenvalue weighted by molar-refractivity contribution is 7.10. The number of thiophene rings is 1. The molecular formula is C16H16Cl2N2O2S. The van der Waals surface area contributed by atoms with Crippen LogP contribution in [0, 0.1) is 5.92 Å². The highest BCUT2D eigenvalue weighted by Crippen LogP contribution is 2.46. The number of hydrogen-bond donors (Lipinski definition) is 3. The minimum absolute atomic E-state index is 0.172. The zero-order chi connectivity index (χ0) is 16.4. The van der Waals surface area contributed by atoms with Crippen molar-refractivity contribution in [3.05, 3.63) is 50.6 Å². The SMILES string of the molecule is O=C(NCC(O)(c1cccs1)C1CC1)Nc1ccc(Cl)c(Cl)c1. The van der Waals surface area contributed by atoms with Crippen LogP contribution in [0.4, 0.5) is 10.5 Å². The Morgan fingerprint density at radius 1 is 1.30 bits per heavy atom. The van der Waals surface area contributed by atoms with Crippen LogP contribution in [0.2, 0.25) is 10.0 Å². The third-order valence-electron chi connectivity index (χ3n) is 3.90. The normalized spacial score (nSPS) is 16.7. The second-order valence-corrected chi connectivity index (χ2v) is 7.37. The van der Waals surface area contributed by atoms with Crippen LogP contribution in [0.15, 0.2) is 35.7 Å². The van der Waals surface area contributed by atoms with Gasteiger partial charge in [0.1, 0.15) is 5.60 Å². The zero-order valence-electron chi connectivity index (χ0n) is 12.2. The largest absolute Gasteiger partial charge is 0.382 e. The number of hydrogen-bond acceptors (Lipinski definition) is 3. The van der Waals surface area contributed by atoms with Crippen molar-refractivity contribution in [2.75, 3.05) is 11.9 Å². The van der Waals surface area contributed by atoms with E-state index in [4.69, 9.17) is 23.2 Å². The standard InChI is InChI=1S/C16H16Cl2N2O2S/c17-12-6-5-11(8-13(12)18)20-15(21)19-9-16(22,10-3-4-10)14-2-1-7-23-14/h1-2,5-8,10,22H,3-4,9H2,(H2,19,20,21). The van der Waals surface area contributed by atoms with Gasteiger partial charge in [-0.3, -0.25) is 0 Å². The Balaban J connectivity index is 1.62. The Bertz CT molecular complexity index is 704. The zero-order valence-corrected chi connectivity index (χ0v) is 14.5. The molecule has 1 fully saturated rings. The van der Waals surface area contributed by atoms with Crippen LogP contribution in [-0.2, 0) is 5.60 Å². The van der Waals surface area contributed by atoms with E-state index in [1.807, 2.05) is 17.5 Å². The lowest BCUT2D eigenvalue weighted by molar-refractivity contribution is 0.0200. The van der Waals surface area contributed by atoms with E-state index in [1.54, 1.807) is 18.2 Å². The molecule has 1 aromatic carbocycles. The Morgan fingerprint density at radius 3 is 2.70 bits per heavy atom. The number of nitrogens with one attached hydrogen (secondary N) is 2. The first-order valence-electron chi connectivity index (χ1n) is 7.25. The van der Waals surface area contributed by atoms with Gasteiger partial charge < -0.3 is 15.7 Å². The third kappa shape index (κ3) is 3.80. The molecule has 2 amide bonds. The lowest BCUT2D eigenvalue weighted by Gasteiger charge is -2.27. The summed E-state index contributed by atoms with van der Waals surface area (Å²) < 4.78 is 0. The van der Waals surface area contributed by atoms with Crippen molar-refractivity contribution in [1.29, 1.82) is 0 Å². The van der Waals surface area contributed by atoms with Crippen molar-refractivity contribution in [3.8, 4) is 0 Å². The third-order valence-corrected chi connectivity index (χ3v) is 5.67. The Morgan fingerprint density at radius 2 is 2.09 bits per heavy atom. The van der Waals surface area contributed by atoms with Gasteiger partial charge in [-0.15, -0.1) is 11.3 Å². The van der Waals surface area contributed by atoms with Crippen LogP contribution >= 0.6 is 34.5 Å². The minimum atomic E-state index is -0.997. The van der Waals surface area contributed by atoms with Gasteiger partial charge in [0.05, 0.1) is 16.6 Å². The van der Waals surface area contributed by atoms with Crippen LogP contribution in [0.3, 0.4) is 0 Å². The maximum atomic E-state index is 12.1. The maximum Gasteiger partial charge on any atom is 0.319 e. The van der Waals surface area contributed by atoms with E-state index < -0.39 is 5.60 Å². The average molecular weight is 371 g/mol. The summed E-state index contributed by atoms with van der Waals surface area (Å²) in [6.07, 6.45) is 1.95. The molecule has 0 bridgehead atoms. The van der Waals surface area contributed by atoms with Gasteiger partial charge in [0.25, 0.3) is 0 Å². The molecule has 1 aromatic heterocycles. The molecule has 1 heterocycles. The van der Waals surface area contributed by atoms with Gasteiger partial charge in [0, 0.05) is 10.6 Å². The van der Waals surface area contributed by atoms with Crippen molar-refractivity contribution < 1.29 is 9.90 Å². The topological polar surface area (TPSA) is 61.4 Å². The van der Waals surface area contributed by atoms with Crippen LogP contribution in [-0.4, -0.2) is 17.7 Å². The average Bonchev–Trinajstić information content (AvgIpc) is 3.24. The predicted octanol–water partition coefficient (Wildman–Crippen LogP) is 4.47. The molecule has 122 valence electrons. The van der Waals surface area contributed by atoms with Crippen molar-refractivity contribution in [3.63, 3.8) is 0 Å². The second kappa shape index (κ2) is 6.69. The number of amides is 2. The smallest absolute Gasteiger partial charge is 0.319 e. The van der Waals surface area contributed by atoms with Crippen molar-refractivity contribution in [1.82, 2.24) is 5.32 Å². The van der Waals surface area contributed by atoms with Crippen LogP contribution < -0.4 is 10.6 Å². The summed E-state index contributed by atoms with van der Waals surface area (Å²) in [7, 11) is 0. The highest BCUT2D eigenvalue weighted by atomic mass is 35.5. The van der Waals surface area contributed by atoms with Crippen molar-refractivity contribution in [2.45, 2.75) is 18.4 Å². The summed E-state index contributed by atoms with van der Waals surface area (Å²) in [6.45, 7) is 0.172. The summed E-state index contributed by atoms with van der Waals surface area (Å²) in [5.41, 5.74) is -0.452. The number of anilines is 1. The van der Waals surface area contributed by atoms with Gasteiger partial charge in [0.15, 0.2) is 0 Å². The number of rotatable bonds is 5. The number of halogens is 2. The first-order valence-corrected chi connectivity index (χ1v) is 8.89. The maximum absolute atomic E-state index is 12.1. The van der Waals surface area contributed by atoms with E-state index in [9.17, 15) is 9.90 Å². The summed E-state index contributed by atoms with van der Waals surface area (Å²) in [5.74, 6) is 0.200. The Hall–Kier alpha value is -1.27. The predicted molar refractivity (Wildman–Crippen MR) is 94.4 cm³/mol. The summed E-state index contributed by atoms with van der Waals surface area (Å²) in [6, 6.07) is 8.28. The summed E-state index contributed by atoms with van der Waals surface area (Å²) in [4.78, 5) is 12.9. The van der Waals surface area contributed by atoms with E-state index in [-0.39, 0.29) is 18.5 Å². The fraction of sp³-hybridized carbons (Fsp3) is 0.312. The molecule has 23 heavy (non-hydrogen) atoms. The number of benzene rings is 1. The fourth-order valence-electron chi connectivity index (χ4n) is 2.48. The molecule has 3 rings (SSSR count). The molecule has 4 nitrogen and oxygen atoms in total. The number of carbonyl (C=O) groups excluding carboxylic acids is 1. The van der Waals surface area contributed by atoms with Gasteiger partial charge in [-0.05, 0) is 48.4 Å². The molecule has 7 heteroatoms. The first-order chi connectivity index (χ1) is 11.0. The second-order valence-electron chi connectivity index (χ2n) is 5.61. The van der Waals surface area contributed by atoms with E-state index in [1.165, 1.54) is 11.3 Å². The van der Waals surface area contributed by atoms with Crippen LogP contribution in [0.5, 0.6) is 0 Å². The van der Waals surface area contributed by atoms with E-state index >= 15 is 0 Å². The number of carbonyl (C=O) groups is 1. The quantitative estimate of drug-likeness (QED) is 0.726. The van der Waals surface area contributed by atoms with Crippen LogP contribution in [0.25, 0.3) is 0 Å². The molecule has 0 spiro atoms. The van der Waals surface area contributed by atoms with Crippen LogP contribution in [0.1, 0.15) is 17.7 Å². The minimum Gasteiger partial charge on any atom is -0.382 e. The first kappa shape index (κ1) is 16.6. The molecule has 1 aliphatic carbocycles. The van der Waals surface area contributed by atoms with Gasteiger partial charge >= 0.3 is 6.03 Å². The molecule has 0 saturated heterocycles. The van der Waals surface area contributed by atoms with Crippen molar-refractivity contribution in [2.24, 2.45) is 5.92 Å². The molecule has 1 aliphatic rings. The van der Waals surface area contributed by atoms with Crippen molar-refractivity contribution >= 4 is 46.3 Å². The van der Waals surface area contributed by atoms with E-state index in [2.05, 4.69) is 10.6 Å². The van der Waals surface area contributed by atoms with Gasteiger partial charge in [0.2, 0.25) is 0 Å². The molecule has 0 radical (unpaired) electrons. The molecule has 2 aromatic rings. The number of aliphatic hydroxyl groups is 1. The van der Waals surface area contributed by atoms with E-state index in [0.717, 1.165) is 17.7 Å². The van der Waals surface area contributed by atoms with E-state index in [0.29, 0.717) is 15.7 Å². The molecular weight excluding hydrogens is 355 g/mol. The lowest BCUT2D eigenvalue weighted by atomic mass is 9.96. The Kier molecular flexibility index (Phi) is 4.82. The lowest BCUT2D eigenvalue weighted by Crippen LogP contribution is -2.43. The molecule has 1 unspecified atom stereocenters.